The molecule has 0 saturated carbocycles. The lowest BCUT2D eigenvalue weighted by molar-refractivity contribution is 0.0470. The Balaban J connectivity index is 2.15. The molecule has 0 aliphatic rings. The molecule has 0 fully saturated rings. The fourth-order valence-corrected chi connectivity index (χ4v) is 2.35. The molecular weight excluding hydrogens is 307 g/mol. The van der Waals surface area contributed by atoms with Gasteiger partial charge in [-0.15, -0.1) is 11.6 Å². The van der Waals surface area contributed by atoms with Gasteiger partial charge in [0.2, 0.25) is 0 Å². The van der Waals surface area contributed by atoms with Gasteiger partial charge in [0.15, 0.2) is 0 Å². The molecule has 0 radical (unpaired) electrons. The van der Waals surface area contributed by atoms with Crippen LogP contribution in [-0.2, 0) is 5.60 Å². The van der Waals surface area contributed by atoms with Crippen LogP contribution in [0.1, 0.15) is 25.3 Å². The van der Waals surface area contributed by atoms with Crippen molar-refractivity contribution < 1.29 is 9.84 Å². The Bertz CT molecular complexity index is 580. The number of aliphatic hydroxyl groups is 1. The van der Waals surface area contributed by atoms with Crippen LogP contribution in [-0.4, -0.2) is 11.0 Å². The maximum atomic E-state index is 10.5. The lowest BCUT2D eigenvalue weighted by Gasteiger charge is -2.24. The Labute approximate surface area is 135 Å². The molecule has 0 spiro atoms. The van der Waals surface area contributed by atoms with E-state index in [4.69, 9.17) is 27.9 Å². The highest BCUT2D eigenvalue weighted by Crippen LogP contribution is 2.30. The van der Waals surface area contributed by atoms with Gasteiger partial charge in [0.05, 0.1) is 5.60 Å². The second-order valence-electron chi connectivity index (χ2n) is 5.15. The molecule has 1 atom stereocenters. The molecule has 4 heteroatoms. The standard InChI is InChI=1S/C17H18Cl2O2/c1-17(20,10-3-11-18)13-4-2-5-16(12-13)21-15-8-6-14(19)7-9-15/h2,4-9,12,20H,3,10-11H2,1H3. The maximum Gasteiger partial charge on any atom is 0.127 e. The van der Waals surface area contributed by atoms with E-state index < -0.39 is 5.60 Å². The zero-order chi connectivity index (χ0) is 15.3. The molecule has 21 heavy (non-hydrogen) atoms. The summed E-state index contributed by atoms with van der Waals surface area (Å²) in [6.45, 7) is 1.79. The number of hydrogen-bond donors (Lipinski definition) is 1. The van der Waals surface area contributed by atoms with Crippen LogP contribution in [0.3, 0.4) is 0 Å². The molecule has 2 rings (SSSR count). The number of rotatable bonds is 6. The van der Waals surface area contributed by atoms with E-state index >= 15 is 0 Å². The minimum absolute atomic E-state index is 0.539. The van der Waals surface area contributed by atoms with Crippen LogP contribution in [0.4, 0.5) is 0 Å². The lowest BCUT2D eigenvalue weighted by Crippen LogP contribution is -2.21. The van der Waals surface area contributed by atoms with Crippen LogP contribution in [0, 0.1) is 0 Å². The minimum Gasteiger partial charge on any atom is -0.457 e. The van der Waals surface area contributed by atoms with Crippen molar-refractivity contribution >= 4 is 23.2 Å². The highest BCUT2D eigenvalue weighted by molar-refractivity contribution is 6.30. The zero-order valence-electron chi connectivity index (χ0n) is 11.9. The predicted octanol–water partition coefficient (Wildman–Crippen LogP) is 5.36. The Morgan fingerprint density at radius 3 is 2.48 bits per heavy atom. The van der Waals surface area contributed by atoms with Gasteiger partial charge in [-0.05, 0) is 61.7 Å². The molecule has 0 heterocycles. The van der Waals surface area contributed by atoms with Gasteiger partial charge in [0, 0.05) is 10.9 Å². The molecule has 0 amide bonds. The predicted molar refractivity (Wildman–Crippen MR) is 87.5 cm³/mol. The highest BCUT2D eigenvalue weighted by Gasteiger charge is 2.22. The van der Waals surface area contributed by atoms with Gasteiger partial charge < -0.3 is 9.84 Å². The van der Waals surface area contributed by atoms with Gasteiger partial charge in [-0.25, -0.2) is 0 Å². The Morgan fingerprint density at radius 2 is 1.81 bits per heavy atom. The summed E-state index contributed by atoms with van der Waals surface area (Å²) in [6.07, 6.45) is 1.37. The van der Waals surface area contributed by atoms with Gasteiger partial charge in [-0.3, -0.25) is 0 Å². The molecule has 1 unspecified atom stereocenters. The normalized spacial score (nSPS) is 13.7. The first-order valence-corrected chi connectivity index (χ1v) is 7.75. The third-order valence-electron chi connectivity index (χ3n) is 3.30. The molecule has 0 bridgehead atoms. The van der Waals surface area contributed by atoms with E-state index in [-0.39, 0.29) is 0 Å². The number of ether oxygens (including phenoxy) is 1. The molecule has 2 aromatic carbocycles. The van der Waals surface area contributed by atoms with E-state index in [1.165, 1.54) is 0 Å². The number of benzene rings is 2. The third kappa shape index (κ3) is 4.63. The number of hydrogen-bond acceptors (Lipinski definition) is 2. The highest BCUT2D eigenvalue weighted by atomic mass is 35.5. The average molecular weight is 325 g/mol. The van der Waals surface area contributed by atoms with Crippen molar-refractivity contribution in [3.8, 4) is 11.5 Å². The van der Waals surface area contributed by atoms with E-state index in [1.807, 2.05) is 24.3 Å². The summed E-state index contributed by atoms with van der Waals surface area (Å²) in [5, 5.41) is 11.2. The van der Waals surface area contributed by atoms with E-state index in [9.17, 15) is 5.11 Å². The monoisotopic (exact) mass is 324 g/mol. The van der Waals surface area contributed by atoms with Crippen molar-refractivity contribution in [3.63, 3.8) is 0 Å². The van der Waals surface area contributed by atoms with Crippen molar-refractivity contribution in [1.82, 2.24) is 0 Å². The topological polar surface area (TPSA) is 29.5 Å². The second-order valence-corrected chi connectivity index (χ2v) is 5.96. The molecule has 0 aromatic heterocycles. The molecule has 0 aliphatic heterocycles. The van der Waals surface area contributed by atoms with Crippen LogP contribution in [0.15, 0.2) is 48.5 Å². The van der Waals surface area contributed by atoms with Crippen LogP contribution >= 0.6 is 23.2 Å². The van der Waals surface area contributed by atoms with Gasteiger partial charge in [-0.2, -0.15) is 0 Å². The van der Waals surface area contributed by atoms with Crippen molar-refractivity contribution in [1.29, 1.82) is 0 Å². The van der Waals surface area contributed by atoms with Gasteiger partial charge in [-0.1, -0.05) is 23.7 Å². The van der Waals surface area contributed by atoms with E-state index in [2.05, 4.69) is 0 Å². The first-order chi connectivity index (χ1) is 10.0. The van der Waals surface area contributed by atoms with Gasteiger partial charge in [0.25, 0.3) is 0 Å². The minimum atomic E-state index is -0.908. The summed E-state index contributed by atoms with van der Waals surface area (Å²) >= 11 is 11.5. The quantitative estimate of drug-likeness (QED) is 0.725. The summed E-state index contributed by atoms with van der Waals surface area (Å²) in [5.41, 5.74) is -0.0899. The van der Waals surface area contributed by atoms with Crippen LogP contribution < -0.4 is 4.74 Å². The Morgan fingerprint density at radius 1 is 1.10 bits per heavy atom. The first kappa shape index (κ1) is 16.2. The van der Waals surface area contributed by atoms with Gasteiger partial charge in [0.1, 0.15) is 11.5 Å². The van der Waals surface area contributed by atoms with Crippen LogP contribution in [0.5, 0.6) is 11.5 Å². The van der Waals surface area contributed by atoms with Crippen molar-refractivity contribution in [3.05, 3.63) is 59.1 Å². The van der Waals surface area contributed by atoms with Crippen LogP contribution in [0.25, 0.3) is 0 Å². The first-order valence-electron chi connectivity index (χ1n) is 6.83. The molecule has 2 aromatic rings. The molecule has 2 nitrogen and oxygen atoms in total. The molecule has 1 N–H and O–H groups in total. The van der Waals surface area contributed by atoms with Crippen LogP contribution in [0.2, 0.25) is 5.02 Å². The summed E-state index contributed by atoms with van der Waals surface area (Å²) in [6, 6.07) is 14.6. The summed E-state index contributed by atoms with van der Waals surface area (Å²) in [7, 11) is 0. The number of halogens is 2. The van der Waals surface area contributed by atoms with E-state index in [1.54, 1.807) is 31.2 Å². The molecule has 0 aliphatic carbocycles. The summed E-state index contributed by atoms with van der Waals surface area (Å²) in [4.78, 5) is 0. The van der Waals surface area contributed by atoms with Crippen molar-refractivity contribution in [2.75, 3.05) is 5.88 Å². The second kappa shape index (κ2) is 7.17. The average Bonchev–Trinajstić information content (AvgIpc) is 2.48. The lowest BCUT2D eigenvalue weighted by atomic mass is 9.91. The van der Waals surface area contributed by atoms with E-state index in [0.29, 0.717) is 28.8 Å². The SMILES string of the molecule is CC(O)(CCCCl)c1cccc(Oc2ccc(Cl)cc2)c1. The Kier molecular flexibility index (Phi) is 5.51. The fourth-order valence-electron chi connectivity index (χ4n) is 2.09. The molecule has 0 saturated heterocycles. The van der Waals surface area contributed by atoms with Crippen molar-refractivity contribution in [2.24, 2.45) is 0 Å². The smallest absolute Gasteiger partial charge is 0.127 e. The third-order valence-corrected chi connectivity index (χ3v) is 3.82. The fraction of sp³-hybridized carbons (Fsp3) is 0.294. The molecular formula is C17H18Cl2O2. The van der Waals surface area contributed by atoms with Gasteiger partial charge >= 0.3 is 0 Å². The maximum absolute atomic E-state index is 10.5. The Hall–Kier alpha value is -1.22. The van der Waals surface area contributed by atoms with Crippen molar-refractivity contribution in [2.45, 2.75) is 25.4 Å². The van der Waals surface area contributed by atoms with E-state index in [0.717, 1.165) is 12.0 Å². The number of alkyl halides is 1. The molecule has 112 valence electrons. The summed E-state index contributed by atoms with van der Waals surface area (Å²) in [5.74, 6) is 1.93. The zero-order valence-corrected chi connectivity index (χ0v) is 13.4. The largest absolute Gasteiger partial charge is 0.457 e. The summed E-state index contributed by atoms with van der Waals surface area (Å²) < 4.78 is 5.78.